The largest absolute Gasteiger partial charge is 0.508 e. The molecule has 1 aromatic carbocycles. The molecule has 6 nitrogen and oxygen atoms in total. The summed E-state index contributed by atoms with van der Waals surface area (Å²) in [5, 5.41) is 19.3. The first-order valence-electron chi connectivity index (χ1n) is 8.02. The molecule has 0 aliphatic carbocycles. The van der Waals surface area contributed by atoms with E-state index in [2.05, 4.69) is 6.92 Å². The summed E-state index contributed by atoms with van der Waals surface area (Å²) in [6.45, 7) is 3.26. The minimum Gasteiger partial charge on any atom is -0.508 e. The fraction of sp³-hybridized carbons (Fsp3) is 0.529. The summed E-state index contributed by atoms with van der Waals surface area (Å²) < 4.78 is 0. The van der Waals surface area contributed by atoms with Crippen LogP contribution >= 0.6 is 0 Å². The molecule has 2 unspecified atom stereocenters. The normalized spacial score (nSPS) is 20.8. The number of likely N-dealkylation sites (tertiary alicyclic amines) is 1. The summed E-state index contributed by atoms with van der Waals surface area (Å²) in [5.41, 5.74) is 0.947. The number of carbonyl (C=O) groups is 2. The van der Waals surface area contributed by atoms with Crippen LogP contribution in [0.3, 0.4) is 0 Å². The molecule has 0 aromatic heterocycles. The van der Waals surface area contributed by atoms with E-state index in [1.165, 1.54) is 0 Å². The number of rotatable bonds is 8. The van der Waals surface area contributed by atoms with Gasteiger partial charge in [0.15, 0.2) is 0 Å². The van der Waals surface area contributed by atoms with Crippen LogP contribution in [0.2, 0.25) is 0 Å². The highest BCUT2D eigenvalue weighted by molar-refractivity contribution is 5.81. The van der Waals surface area contributed by atoms with Crippen molar-refractivity contribution >= 4 is 12.3 Å². The molecule has 23 heavy (non-hydrogen) atoms. The Morgan fingerprint density at radius 3 is 2.65 bits per heavy atom. The third-order valence-electron chi connectivity index (χ3n) is 4.40. The maximum absolute atomic E-state index is 12.6. The quantitative estimate of drug-likeness (QED) is 0.436. The number of carbonyl (C=O) groups excluding carboxylic acids is 2. The van der Waals surface area contributed by atoms with Crippen molar-refractivity contribution in [3.63, 3.8) is 0 Å². The highest BCUT2D eigenvalue weighted by Gasteiger charge is 2.40. The SMILES string of the molecule is CCCCC1CN(Cc2ccc(O)cc2)C(=O)C1CN(O)C=O. The molecule has 126 valence electrons. The smallest absolute Gasteiger partial charge is 0.233 e. The lowest BCUT2D eigenvalue weighted by molar-refractivity contribution is -0.155. The Kier molecular flexibility index (Phi) is 5.98. The van der Waals surface area contributed by atoms with Gasteiger partial charge in [-0.05, 0) is 30.0 Å². The van der Waals surface area contributed by atoms with Crippen molar-refractivity contribution in [1.82, 2.24) is 9.96 Å². The minimum atomic E-state index is -0.353. The van der Waals surface area contributed by atoms with Crippen molar-refractivity contribution < 1.29 is 19.9 Å². The van der Waals surface area contributed by atoms with Gasteiger partial charge in [-0.2, -0.15) is 0 Å². The molecular formula is C17H24N2O4. The van der Waals surface area contributed by atoms with Crippen LogP contribution in [0.15, 0.2) is 24.3 Å². The van der Waals surface area contributed by atoms with Gasteiger partial charge in [0, 0.05) is 13.1 Å². The van der Waals surface area contributed by atoms with E-state index in [1.807, 2.05) is 0 Å². The molecule has 0 saturated carbocycles. The van der Waals surface area contributed by atoms with Gasteiger partial charge < -0.3 is 10.0 Å². The standard InChI is InChI=1S/C17H24N2O4/c1-2-3-4-14-10-18(9-13-5-7-15(21)8-6-13)17(22)16(14)11-19(23)12-20/h5-8,12,14,16,21,23H,2-4,9-11H2,1H3. The van der Waals surface area contributed by atoms with Crippen molar-refractivity contribution in [3.8, 4) is 5.75 Å². The van der Waals surface area contributed by atoms with Crippen LogP contribution in [0.25, 0.3) is 0 Å². The van der Waals surface area contributed by atoms with E-state index < -0.39 is 0 Å². The number of unbranched alkanes of at least 4 members (excludes halogenated alkanes) is 1. The van der Waals surface area contributed by atoms with Crippen LogP contribution in [0.5, 0.6) is 5.75 Å². The molecule has 2 atom stereocenters. The molecule has 1 heterocycles. The van der Waals surface area contributed by atoms with E-state index in [9.17, 15) is 19.9 Å². The minimum absolute atomic E-state index is 0.0277. The summed E-state index contributed by atoms with van der Waals surface area (Å²) >= 11 is 0. The second-order valence-corrected chi connectivity index (χ2v) is 6.12. The van der Waals surface area contributed by atoms with Gasteiger partial charge in [0.25, 0.3) is 0 Å². The average molecular weight is 320 g/mol. The molecular weight excluding hydrogens is 296 g/mol. The second-order valence-electron chi connectivity index (χ2n) is 6.12. The van der Waals surface area contributed by atoms with Crippen LogP contribution in [0, 0.1) is 11.8 Å². The number of amides is 2. The topological polar surface area (TPSA) is 81.1 Å². The van der Waals surface area contributed by atoms with Crippen molar-refractivity contribution in [3.05, 3.63) is 29.8 Å². The van der Waals surface area contributed by atoms with Gasteiger partial charge in [-0.25, -0.2) is 5.06 Å². The number of benzene rings is 1. The molecule has 1 aromatic rings. The molecule has 0 bridgehead atoms. The first kappa shape index (κ1) is 17.3. The van der Waals surface area contributed by atoms with E-state index in [0.29, 0.717) is 24.6 Å². The van der Waals surface area contributed by atoms with Crippen LogP contribution in [0.1, 0.15) is 31.7 Å². The van der Waals surface area contributed by atoms with Gasteiger partial charge in [-0.1, -0.05) is 31.9 Å². The first-order valence-corrected chi connectivity index (χ1v) is 8.02. The molecule has 1 fully saturated rings. The Morgan fingerprint density at radius 2 is 2.04 bits per heavy atom. The van der Waals surface area contributed by atoms with Crippen molar-refractivity contribution in [2.75, 3.05) is 13.1 Å². The van der Waals surface area contributed by atoms with Gasteiger partial charge in [0.05, 0.1) is 12.5 Å². The number of hydrogen-bond donors (Lipinski definition) is 2. The zero-order valence-corrected chi connectivity index (χ0v) is 13.4. The fourth-order valence-corrected chi connectivity index (χ4v) is 3.13. The lowest BCUT2D eigenvalue weighted by atomic mass is 9.90. The second kappa shape index (κ2) is 7.97. The van der Waals surface area contributed by atoms with Crippen LogP contribution < -0.4 is 0 Å². The molecule has 1 aliphatic rings. The van der Waals surface area contributed by atoms with Crippen LogP contribution in [-0.4, -0.2) is 45.7 Å². The lowest BCUT2D eigenvalue weighted by Crippen LogP contribution is -2.33. The maximum atomic E-state index is 12.6. The van der Waals surface area contributed by atoms with Gasteiger partial charge >= 0.3 is 0 Å². The number of phenols is 1. The molecule has 2 N–H and O–H groups in total. The Hall–Kier alpha value is -2.08. The highest BCUT2D eigenvalue weighted by Crippen LogP contribution is 2.31. The molecule has 1 aliphatic heterocycles. The Bertz CT molecular complexity index is 532. The van der Waals surface area contributed by atoms with E-state index >= 15 is 0 Å². The molecule has 1 saturated heterocycles. The number of hydrogen-bond acceptors (Lipinski definition) is 4. The van der Waals surface area contributed by atoms with E-state index in [0.717, 1.165) is 24.8 Å². The Labute approximate surface area is 136 Å². The summed E-state index contributed by atoms with van der Waals surface area (Å²) in [7, 11) is 0. The van der Waals surface area contributed by atoms with Crippen molar-refractivity contribution in [1.29, 1.82) is 0 Å². The van der Waals surface area contributed by atoms with Gasteiger partial charge in [0.2, 0.25) is 12.3 Å². The zero-order valence-electron chi connectivity index (χ0n) is 13.4. The lowest BCUT2D eigenvalue weighted by Gasteiger charge is -2.19. The van der Waals surface area contributed by atoms with Crippen LogP contribution in [0.4, 0.5) is 0 Å². The zero-order chi connectivity index (χ0) is 16.8. The third-order valence-corrected chi connectivity index (χ3v) is 4.40. The van der Waals surface area contributed by atoms with Gasteiger partial charge in [0.1, 0.15) is 5.75 Å². The molecule has 2 rings (SSSR count). The predicted octanol–water partition coefficient (Wildman–Crippen LogP) is 2.00. The third kappa shape index (κ3) is 4.45. The predicted molar refractivity (Wildman–Crippen MR) is 84.6 cm³/mol. The van der Waals surface area contributed by atoms with Crippen molar-refractivity contribution in [2.45, 2.75) is 32.7 Å². The van der Waals surface area contributed by atoms with E-state index in [1.54, 1.807) is 29.2 Å². The molecule has 6 heteroatoms. The fourth-order valence-electron chi connectivity index (χ4n) is 3.13. The van der Waals surface area contributed by atoms with Crippen LogP contribution in [-0.2, 0) is 16.1 Å². The number of phenolic OH excluding ortho intramolecular Hbond substituents is 1. The molecule has 0 radical (unpaired) electrons. The number of hydroxylamine groups is 2. The first-order chi connectivity index (χ1) is 11.0. The molecule has 0 spiro atoms. The molecule has 2 amide bonds. The van der Waals surface area contributed by atoms with Gasteiger partial charge in [-0.15, -0.1) is 0 Å². The maximum Gasteiger partial charge on any atom is 0.233 e. The number of nitrogens with zero attached hydrogens (tertiary/aromatic N) is 2. The summed E-state index contributed by atoms with van der Waals surface area (Å²) in [5.74, 6) is -0.0368. The number of aromatic hydroxyl groups is 1. The Balaban J connectivity index is 2.07. The van der Waals surface area contributed by atoms with Crippen molar-refractivity contribution in [2.24, 2.45) is 11.8 Å². The summed E-state index contributed by atoms with van der Waals surface area (Å²) in [6, 6.07) is 6.79. The summed E-state index contributed by atoms with van der Waals surface area (Å²) in [6.07, 6.45) is 3.32. The van der Waals surface area contributed by atoms with E-state index in [-0.39, 0.29) is 30.0 Å². The summed E-state index contributed by atoms with van der Waals surface area (Å²) in [4.78, 5) is 25.1. The van der Waals surface area contributed by atoms with Gasteiger partial charge in [-0.3, -0.25) is 14.8 Å². The average Bonchev–Trinajstić information content (AvgIpc) is 2.83. The Morgan fingerprint density at radius 1 is 1.35 bits per heavy atom. The van der Waals surface area contributed by atoms with E-state index in [4.69, 9.17) is 0 Å². The highest BCUT2D eigenvalue weighted by atomic mass is 16.5. The monoisotopic (exact) mass is 320 g/mol.